The number of quaternary nitrogens is 1. The van der Waals surface area contributed by atoms with Crippen LogP contribution < -0.4 is 10.6 Å². The van der Waals surface area contributed by atoms with E-state index in [0.717, 1.165) is 65.4 Å². The SMILES string of the molecule is CC(C)(C)OC(=O)c1c(NC(=O)NCc2c(Br)sc3c2CC[N+](C)(C)C3)sc2c1CCCCC2. The molecule has 9 heteroatoms. The molecule has 2 aromatic heterocycles. The van der Waals surface area contributed by atoms with Gasteiger partial charge in [-0.15, -0.1) is 22.7 Å². The Morgan fingerprint density at radius 2 is 1.76 bits per heavy atom. The first-order valence-corrected chi connectivity index (χ1v) is 14.4. The van der Waals surface area contributed by atoms with Crippen LogP contribution in [-0.2, 0) is 37.1 Å². The number of hydrogen-bond donors (Lipinski definition) is 2. The highest BCUT2D eigenvalue weighted by Gasteiger charge is 2.31. The molecule has 2 aliphatic rings. The summed E-state index contributed by atoms with van der Waals surface area (Å²) in [5.41, 5.74) is 3.55. The standard InChI is InChI=1S/C25H34BrN3O3S2/c1-25(2,3)32-23(30)20-16-9-7-6-8-10-18(16)34-22(20)28-24(31)27-13-17-15-11-12-29(4,5)14-19(15)33-21(17)26/h6-14H2,1-5H3,(H-,27,28,30,31)/p+1. The fourth-order valence-corrected chi connectivity index (χ4v) is 8.22. The third-order valence-electron chi connectivity index (χ3n) is 6.37. The number of carbonyl (C=O) groups is 2. The van der Waals surface area contributed by atoms with Crippen LogP contribution in [0.15, 0.2) is 3.79 Å². The first kappa shape index (κ1) is 25.7. The second kappa shape index (κ2) is 9.91. The number of likely N-dealkylation sites (N-methyl/N-ethyl adjacent to an activating group) is 1. The quantitative estimate of drug-likeness (QED) is 0.260. The molecular weight excluding hydrogens is 534 g/mol. The largest absolute Gasteiger partial charge is 0.456 e. The topological polar surface area (TPSA) is 67.4 Å². The normalized spacial score (nSPS) is 17.4. The van der Waals surface area contributed by atoms with E-state index in [9.17, 15) is 9.59 Å². The van der Waals surface area contributed by atoms with Gasteiger partial charge in [-0.3, -0.25) is 5.32 Å². The van der Waals surface area contributed by atoms with Crippen molar-refractivity contribution in [1.82, 2.24) is 5.32 Å². The fourth-order valence-electron chi connectivity index (χ4n) is 4.69. The van der Waals surface area contributed by atoms with Gasteiger partial charge in [0.15, 0.2) is 0 Å². The summed E-state index contributed by atoms with van der Waals surface area (Å²) in [7, 11) is 4.51. The Balaban J connectivity index is 1.50. The van der Waals surface area contributed by atoms with E-state index in [2.05, 4.69) is 40.7 Å². The van der Waals surface area contributed by atoms with Gasteiger partial charge in [0, 0.05) is 23.4 Å². The first-order chi connectivity index (χ1) is 15.9. The minimum absolute atomic E-state index is 0.292. The van der Waals surface area contributed by atoms with Crippen LogP contribution in [0.4, 0.5) is 9.80 Å². The zero-order valence-corrected chi connectivity index (χ0v) is 23.9. The maximum atomic E-state index is 13.1. The Kier molecular flexibility index (Phi) is 7.48. The molecule has 0 atom stereocenters. The van der Waals surface area contributed by atoms with E-state index in [0.29, 0.717) is 17.1 Å². The van der Waals surface area contributed by atoms with Gasteiger partial charge in [0.1, 0.15) is 17.1 Å². The highest BCUT2D eigenvalue weighted by molar-refractivity contribution is 9.11. The van der Waals surface area contributed by atoms with Crippen molar-refractivity contribution < 1.29 is 18.8 Å². The van der Waals surface area contributed by atoms with Crippen molar-refractivity contribution in [1.29, 1.82) is 0 Å². The molecule has 0 fully saturated rings. The van der Waals surface area contributed by atoms with Crippen LogP contribution in [-0.4, -0.2) is 42.7 Å². The Morgan fingerprint density at radius 3 is 2.50 bits per heavy atom. The minimum Gasteiger partial charge on any atom is -0.456 e. The molecule has 0 saturated carbocycles. The summed E-state index contributed by atoms with van der Waals surface area (Å²) in [6, 6.07) is -0.292. The van der Waals surface area contributed by atoms with Gasteiger partial charge in [-0.1, -0.05) is 6.42 Å². The monoisotopic (exact) mass is 568 g/mol. The van der Waals surface area contributed by atoms with Crippen LogP contribution in [0.25, 0.3) is 0 Å². The number of anilines is 1. The molecule has 0 spiro atoms. The lowest BCUT2D eigenvalue weighted by atomic mass is 10.0. The van der Waals surface area contributed by atoms with Crippen molar-refractivity contribution >= 4 is 55.6 Å². The lowest BCUT2D eigenvalue weighted by Gasteiger charge is -2.33. The lowest BCUT2D eigenvalue weighted by molar-refractivity contribution is -0.905. The van der Waals surface area contributed by atoms with E-state index in [4.69, 9.17) is 4.74 Å². The molecule has 1 aliphatic carbocycles. The molecule has 0 radical (unpaired) electrons. The molecule has 2 N–H and O–H groups in total. The number of hydrogen-bond acceptors (Lipinski definition) is 5. The minimum atomic E-state index is -0.590. The number of nitrogens with one attached hydrogen (secondary N) is 2. The number of fused-ring (bicyclic) bond motifs is 2. The molecule has 0 aromatic carbocycles. The van der Waals surface area contributed by atoms with Gasteiger partial charge in [-0.2, -0.15) is 0 Å². The third kappa shape index (κ3) is 5.86. The number of halogens is 1. The summed E-state index contributed by atoms with van der Waals surface area (Å²) in [6.45, 7) is 8.18. The van der Waals surface area contributed by atoms with Crippen molar-refractivity contribution in [2.45, 2.75) is 78.0 Å². The summed E-state index contributed by atoms with van der Waals surface area (Å²) in [5.74, 6) is -0.349. The van der Waals surface area contributed by atoms with Gasteiger partial charge in [0.2, 0.25) is 0 Å². The average Bonchev–Trinajstić information content (AvgIpc) is 3.09. The number of ether oxygens (including phenoxy) is 1. The highest BCUT2D eigenvalue weighted by atomic mass is 79.9. The van der Waals surface area contributed by atoms with Gasteiger partial charge in [-0.05, 0) is 73.5 Å². The van der Waals surface area contributed by atoms with Crippen LogP contribution in [0.2, 0.25) is 0 Å². The van der Waals surface area contributed by atoms with Crippen LogP contribution in [0, 0.1) is 0 Å². The predicted octanol–water partition coefficient (Wildman–Crippen LogP) is 6.25. The molecule has 6 nitrogen and oxygen atoms in total. The molecule has 3 heterocycles. The van der Waals surface area contributed by atoms with E-state index in [-0.39, 0.29) is 12.0 Å². The van der Waals surface area contributed by atoms with E-state index in [1.165, 1.54) is 32.2 Å². The Hall–Kier alpha value is -1.42. The summed E-state index contributed by atoms with van der Waals surface area (Å²) in [4.78, 5) is 28.7. The molecule has 2 amide bonds. The van der Waals surface area contributed by atoms with Gasteiger partial charge in [0.25, 0.3) is 0 Å². The third-order valence-corrected chi connectivity index (χ3v) is 9.59. The number of carbonyl (C=O) groups excluding carboxylic acids is 2. The molecule has 34 heavy (non-hydrogen) atoms. The molecule has 0 bridgehead atoms. The van der Waals surface area contributed by atoms with Crippen molar-refractivity contribution in [2.75, 3.05) is 26.0 Å². The Labute approximate surface area is 218 Å². The summed E-state index contributed by atoms with van der Waals surface area (Å²) < 4.78 is 7.80. The maximum absolute atomic E-state index is 13.1. The molecule has 0 unspecified atom stereocenters. The highest BCUT2D eigenvalue weighted by Crippen LogP contribution is 2.39. The van der Waals surface area contributed by atoms with Gasteiger partial charge < -0.3 is 14.5 Å². The number of nitrogens with zero attached hydrogens (tertiary/aromatic N) is 1. The first-order valence-electron chi connectivity index (χ1n) is 12.0. The second-order valence-corrected chi connectivity index (χ2v) is 14.4. The zero-order chi connectivity index (χ0) is 24.7. The van der Waals surface area contributed by atoms with Gasteiger partial charge >= 0.3 is 12.0 Å². The van der Waals surface area contributed by atoms with Crippen molar-refractivity contribution in [2.24, 2.45) is 0 Å². The number of aryl methyl sites for hydroxylation is 1. The lowest BCUT2D eigenvalue weighted by Crippen LogP contribution is -2.43. The Bertz CT molecular complexity index is 1100. The number of thiophene rings is 2. The smallest absolute Gasteiger partial charge is 0.341 e. The molecule has 1 aliphatic heterocycles. The van der Waals surface area contributed by atoms with Crippen LogP contribution >= 0.6 is 38.6 Å². The average molecular weight is 570 g/mol. The van der Waals surface area contributed by atoms with Crippen LogP contribution in [0.3, 0.4) is 0 Å². The van der Waals surface area contributed by atoms with E-state index in [1.807, 2.05) is 20.8 Å². The zero-order valence-electron chi connectivity index (χ0n) is 20.7. The molecule has 4 rings (SSSR count). The number of amides is 2. The summed E-state index contributed by atoms with van der Waals surface area (Å²) >= 11 is 7.02. The van der Waals surface area contributed by atoms with E-state index in [1.54, 1.807) is 11.3 Å². The number of urea groups is 1. The van der Waals surface area contributed by atoms with E-state index >= 15 is 0 Å². The fraction of sp³-hybridized carbons (Fsp3) is 0.600. The summed E-state index contributed by atoms with van der Waals surface area (Å²) in [6.07, 6.45) is 6.14. The molecule has 0 saturated heterocycles. The summed E-state index contributed by atoms with van der Waals surface area (Å²) in [5, 5.41) is 6.61. The molecule has 186 valence electrons. The predicted molar refractivity (Wildman–Crippen MR) is 143 cm³/mol. The van der Waals surface area contributed by atoms with Gasteiger partial charge in [0.05, 0.1) is 34.9 Å². The van der Waals surface area contributed by atoms with Gasteiger partial charge in [-0.25, -0.2) is 9.59 Å². The van der Waals surface area contributed by atoms with Crippen molar-refractivity contribution in [3.63, 3.8) is 0 Å². The molecular formula is C25H35BrN3O3S2+. The van der Waals surface area contributed by atoms with Crippen LogP contribution in [0.5, 0.6) is 0 Å². The van der Waals surface area contributed by atoms with Crippen LogP contribution in [0.1, 0.15) is 76.8 Å². The van der Waals surface area contributed by atoms with Crippen molar-refractivity contribution in [3.8, 4) is 0 Å². The maximum Gasteiger partial charge on any atom is 0.341 e. The molecule has 2 aromatic rings. The number of esters is 1. The van der Waals surface area contributed by atoms with Crippen molar-refractivity contribution in [3.05, 3.63) is 35.8 Å². The second-order valence-electron chi connectivity index (χ2n) is 10.9. The Morgan fingerprint density at radius 1 is 1.03 bits per heavy atom. The van der Waals surface area contributed by atoms with E-state index < -0.39 is 5.60 Å². The number of rotatable bonds is 4.